The predicted molar refractivity (Wildman–Crippen MR) is 84.3 cm³/mol. The quantitative estimate of drug-likeness (QED) is 0.359. The Morgan fingerprint density at radius 1 is 1.12 bits per heavy atom. The molecule has 0 unspecified atom stereocenters. The summed E-state index contributed by atoms with van der Waals surface area (Å²) in [7, 11) is 0. The highest BCUT2D eigenvalue weighted by Crippen LogP contribution is 2.57. The Morgan fingerprint density at radius 3 is 2.17 bits per heavy atom. The molecule has 3 heterocycles. The van der Waals surface area contributed by atoms with E-state index >= 15 is 0 Å². The van der Waals surface area contributed by atoms with Crippen molar-refractivity contribution >= 4 is 23.2 Å². The molecule has 4 rings (SSSR count). The number of imide groups is 1. The molecule has 0 saturated carbocycles. The van der Waals surface area contributed by atoms with Crippen molar-refractivity contribution < 1.29 is 19.2 Å². The molecule has 3 aliphatic rings. The van der Waals surface area contributed by atoms with Gasteiger partial charge in [-0.2, -0.15) is 0 Å². The second-order valence-corrected chi connectivity index (χ2v) is 7.02. The number of ether oxygens (including phenoxy) is 1. The molecule has 24 heavy (non-hydrogen) atoms. The third kappa shape index (κ3) is 1.65. The molecule has 0 aromatic heterocycles. The lowest BCUT2D eigenvalue weighted by atomic mass is 9.73. The average molecular weight is 328 g/mol. The van der Waals surface area contributed by atoms with Crippen LogP contribution >= 0.6 is 0 Å². The molecule has 3 aliphatic heterocycles. The minimum Gasteiger partial charge on any atom is -0.359 e. The van der Waals surface area contributed by atoms with Gasteiger partial charge in [-0.15, -0.1) is 0 Å². The average Bonchev–Trinajstić information content (AvgIpc) is 3.04. The summed E-state index contributed by atoms with van der Waals surface area (Å²) in [6.07, 6.45) is 3.62. The van der Waals surface area contributed by atoms with E-state index in [1.54, 1.807) is 26.8 Å². The fraction of sp³-hybridized carbons (Fsp3) is 0.412. The molecule has 7 nitrogen and oxygen atoms in total. The molecule has 7 heteroatoms. The van der Waals surface area contributed by atoms with Gasteiger partial charge in [0.15, 0.2) is 0 Å². The van der Waals surface area contributed by atoms with Crippen molar-refractivity contribution in [2.24, 2.45) is 11.8 Å². The Bertz CT molecular complexity index is 811. The number of nitro benzene ring substituents is 1. The van der Waals surface area contributed by atoms with Crippen molar-refractivity contribution in [3.8, 4) is 0 Å². The Hall–Kier alpha value is -2.54. The molecule has 0 aliphatic carbocycles. The Labute approximate surface area is 138 Å². The number of carbonyl (C=O) groups is 2. The van der Waals surface area contributed by atoms with Crippen molar-refractivity contribution in [3.05, 3.63) is 46.0 Å². The molecule has 1 aromatic carbocycles. The highest BCUT2D eigenvalue weighted by atomic mass is 16.6. The number of benzene rings is 1. The molecule has 0 radical (unpaired) electrons. The normalized spacial score (nSPS) is 36.5. The van der Waals surface area contributed by atoms with Crippen molar-refractivity contribution in [2.45, 2.75) is 32.0 Å². The van der Waals surface area contributed by atoms with Crippen LogP contribution in [0.1, 0.15) is 19.4 Å². The topological polar surface area (TPSA) is 89.8 Å². The number of nitrogens with zero attached hydrogens (tertiary/aromatic N) is 2. The van der Waals surface area contributed by atoms with Crippen LogP contribution in [0.25, 0.3) is 0 Å². The zero-order valence-electron chi connectivity index (χ0n) is 13.5. The molecule has 2 bridgehead atoms. The SMILES string of the molecule is Cc1ccc(N2C(=O)[C@@H]3[C@@H](C2=O)[C@]2(C)C=C[C@]3(C)O2)c([N+](=O)[O-])c1. The maximum Gasteiger partial charge on any atom is 0.293 e. The molecule has 2 amide bonds. The van der Waals surface area contributed by atoms with E-state index in [9.17, 15) is 19.7 Å². The largest absolute Gasteiger partial charge is 0.359 e. The van der Waals surface area contributed by atoms with Crippen LogP contribution in [0.2, 0.25) is 0 Å². The number of hydrogen-bond donors (Lipinski definition) is 0. The minimum atomic E-state index is -0.847. The first-order valence-electron chi connectivity index (χ1n) is 7.71. The molecule has 0 N–H and O–H groups in total. The smallest absolute Gasteiger partial charge is 0.293 e. The summed E-state index contributed by atoms with van der Waals surface area (Å²) in [4.78, 5) is 37.7. The number of anilines is 1. The minimum absolute atomic E-state index is 0.0293. The van der Waals surface area contributed by atoms with Crippen LogP contribution in [-0.2, 0) is 14.3 Å². The molecular formula is C17H16N2O5. The van der Waals surface area contributed by atoms with Gasteiger partial charge in [0.2, 0.25) is 11.8 Å². The summed E-state index contributed by atoms with van der Waals surface area (Å²) in [6.45, 7) is 5.27. The molecule has 2 saturated heterocycles. The molecule has 4 atom stereocenters. The summed E-state index contributed by atoms with van der Waals surface area (Å²) >= 11 is 0. The second kappa shape index (κ2) is 4.30. The molecular weight excluding hydrogens is 312 g/mol. The summed E-state index contributed by atoms with van der Waals surface area (Å²) < 4.78 is 5.92. The van der Waals surface area contributed by atoms with Crippen LogP contribution in [0.5, 0.6) is 0 Å². The van der Waals surface area contributed by atoms with Crippen LogP contribution in [0.3, 0.4) is 0 Å². The van der Waals surface area contributed by atoms with Crippen molar-refractivity contribution in [2.75, 3.05) is 4.90 Å². The lowest BCUT2D eigenvalue weighted by Gasteiger charge is -2.25. The zero-order valence-corrected chi connectivity index (χ0v) is 13.5. The van der Waals surface area contributed by atoms with Gasteiger partial charge in [0, 0.05) is 6.07 Å². The number of rotatable bonds is 2. The van der Waals surface area contributed by atoms with E-state index in [1.807, 2.05) is 12.2 Å². The van der Waals surface area contributed by atoms with E-state index in [4.69, 9.17) is 4.74 Å². The van der Waals surface area contributed by atoms with Crippen LogP contribution in [-0.4, -0.2) is 27.9 Å². The van der Waals surface area contributed by atoms with Crippen LogP contribution in [0.15, 0.2) is 30.4 Å². The van der Waals surface area contributed by atoms with Gasteiger partial charge in [-0.25, -0.2) is 4.90 Å². The van der Waals surface area contributed by atoms with E-state index in [2.05, 4.69) is 0 Å². The number of fused-ring (bicyclic) bond motifs is 5. The zero-order chi connectivity index (χ0) is 17.4. The molecule has 1 aromatic rings. The first kappa shape index (κ1) is 15.0. The number of amides is 2. The van der Waals surface area contributed by atoms with E-state index in [1.165, 1.54) is 12.1 Å². The Kier molecular flexibility index (Phi) is 2.69. The molecule has 0 spiro atoms. The van der Waals surface area contributed by atoms with Gasteiger partial charge in [0.1, 0.15) is 5.69 Å². The molecule has 2 fully saturated rings. The number of carbonyl (C=O) groups excluding carboxylic acids is 2. The van der Waals surface area contributed by atoms with E-state index in [-0.39, 0.29) is 11.4 Å². The Balaban J connectivity index is 1.85. The van der Waals surface area contributed by atoms with Gasteiger partial charge >= 0.3 is 0 Å². The third-order valence-electron chi connectivity index (χ3n) is 5.29. The number of nitro groups is 1. The van der Waals surface area contributed by atoms with Crippen LogP contribution in [0.4, 0.5) is 11.4 Å². The predicted octanol–water partition coefficient (Wildman–Crippen LogP) is 2.13. The highest BCUT2D eigenvalue weighted by Gasteiger charge is 2.70. The van der Waals surface area contributed by atoms with Crippen molar-refractivity contribution in [1.29, 1.82) is 0 Å². The van der Waals surface area contributed by atoms with E-state index in [0.717, 1.165) is 4.90 Å². The van der Waals surface area contributed by atoms with Crippen LogP contribution in [0, 0.1) is 28.9 Å². The monoisotopic (exact) mass is 328 g/mol. The summed E-state index contributed by atoms with van der Waals surface area (Å²) in [6, 6.07) is 4.49. The highest BCUT2D eigenvalue weighted by molar-refractivity contribution is 6.24. The number of aryl methyl sites for hydroxylation is 1. The number of hydrogen-bond acceptors (Lipinski definition) is 5. The van der Waals surface area contributed by atoms with Gasteiger partial charge in [-0.1, -0.05) is 18.2 Å². The van der Waals surface area contributed by atoms with Crippen molar-refractivity contribution in [1.82, 2.24) is 0 Å². The lowest BCUT2D eigenvalue weighted by molar-refractivity contribution is -0.384. The fourth-order valence-electron chi connectivity index (χ4n) is 4.24. The second-order valence-electron chi connectivity index (χ2n) is 7.02. The summed E-state index contributed by atoms with van der Waals surface area (Å²) in [5.41, 5.74) is -1.22. The van der Waals surface area contributed by atoms with Crippen LogP contribution < -0.4 is 4.90 Å². The van der Waals surface area contributed by atoms with Gasteiger partial charge < -0.3 is 4.74 Å². The maximum atomic E-state index is 13.0. The maximum absolute atomic E-state index is 13.0. The lowest BCUT2D eigenvalue weighted by Crippen LogP contribution is -2.39. The van der Waals surface area contributed by atoms with Gasteiger partial charge in [-0.05, 0) is 32.4 Å². The fourth-order valence-corrected chi connectivity index (χ4v) is 4.24. The Morgan fingerprint density at radius 2 is 1.67 bits per heavy atom. The van der Waals surface area contributed by atoms with Gasteiger partial charge in [0.05, 0.1) is 28.0 Å². The summed E-state index contributed by atoms with van der Waals surface area (Å²) in [5.74, 6) is -2.18. The first-order chi connectivity index (χ1) is 11.2. The molecule has 124 valence electrons. The van der Waals surface area contributed by atoms with Gasteiger partial charge in [-0.3, -0.25) is 19.7 Å². The summed E-state index contributed by atoms with van der Waals surface area (Å²) in [5, 5.41) is 11.4. The van der Waals surface area contributed by atoms with Crippen molar-refractivity contribution in [3.63, 3.8) is 0 Å². The standard InChI is InChI=1S/C17H16N2O5/c1-9-4-5-10(11(8-9)19(22)23)18-14(20)12-13(15(18)21)17(3)7-6-16(12,2)24-17/h4-8,12-13H,1-3H3/t12-,13-,16-,17-/m0/s1. The first-order valence-corrected chi connectivity index (χ1v) is 7.71. The van der Waals surface area contributed by atoms with E-state index < -0.39 is 39.8 Å². The van der Waals surface area contributed by atoms with Gasteiger partial charge in [0.25, 0.3) is 5.69 Å². The van der Waals surface area contributed by atoms with E-state index in [0.29, 0.717) is 5.56 Å². The third-order valence-corrected chi connectivity index (χ3v) is 5.29.